The zero-order chi connectivity index (χ0) is 20.0. The second-order valence-electron chi connectivity index (χ2n) is 6.46. The van der Waals surface area contributed by atoms with Gasteiger partial charge in [-0.25, -0.2) is 0 Å². The standard InChI is InChI=1S/C23H20F3NO/c24-23(25,26)21-14-8-7-13-20(21)22(28)27-16-15-19(17-9-3-1-4-10-17)18-11-5-2-6-12-18/h1-14,19H,15-16H2,(H,27,28). The summed E-state index contributed by atoms with van der Waals surface area (Å²) in [4.78, 5) is 12.4. The molecule has 0 aliphatic heterocycles. The molecule has 0 saturated heterocycles. The van der Waals surface area contributed by atoms with Gasteiger partial charge in [-0.3, -0.25) is 4.79 Å². The van der Waals surface area contributed by atoms with Crippen LogP contribution in [0.15, 0.2) is 84.9 Å². The van der Waals surface area contributed by atoms with Crippen molar-refractivity contribution in [3.8, 4) is 0 Å². The molecule has 0 aliphatic rings. The van der Waals surface area contributed by atoms with Gasteiger partial charge in [-0.05, 0) is 29.7 Å². The van der Waals surface area contributed by atoms with Gasteiger partial charge >= 0.3 is 6.18 Å². The lowest BCUT2D eigenvalue weighted by atomic mass is 9.88. The van der Waals surface area contributed by atoms with Crippen LogP contribution in [0.5, 0.6) is 0 Å². The number of halogens is 3. The van der Waals surface area contributed by atoms with E-state index in [0.29, 0.717) is 6.42 Å². The molecular formula is C23H20F3NO. The molecule has 1 amide bonds. The van der Waals surface area contributed by atoms with E-state index in [2.05, 4.69) is 5.32 Å². The molecular weight excluding hydrogens is 363 g/mol. The predicted octanol–water partition coefficient (Wildman–Crippen LogP) is 5.66. The smallest absolute Gasteiger partial charge is 0.352 e. The number of hydrogen-bond donors (Lipinski definition) is 1. The first-order valence-corrected chi connectivity index (χ1v) is 9.01. The summed E-state index contributed by atoms with van der Waals surface area (Å²) in [7, 11) is 0. The zero-order valence-corrected chi connectivity index (χ0v) is 15.1. The molecule has 0 fully saturated rings. The van der Waals surface area contributed by atoms with Crippen LogP contribution >= 0.6 is 0 Å². The van der Waals surface area contributed by atoms with E-state index in [0.717, 1.165) is 17.2 Å². The molecule has 3 aromatic rings. The molecule has 0 spiro atoms. The Hall–Kier alpha value is -3.08. The fourth-order valence-electron chi connectivity index (χ4n) is 3.25. The normalized spacial score (nSPS) is 11.4. The fourth-order valence-corrected chi connectivity index (χ4v) is 3.25. The van der Waals surface area contributed by atoms with Gasteiger partial charge in [0.15, 0.2) is 0 Å². The molecule has 0 bridgehead atoms. The van der Waals surface area contributed by atoms with Crippen LogP contribution in [-0.2, 0) is 6.18 Å². The molecule has 0 radical (unpaired) electrons. The van der Waals surface area contributed by atoms with Crippen LogP contribution in [-0.4, -0.2) is 12.5 Å². The van der Waals surface area contributed by atoms with Crippen LogP contribution in [0, 0.1) is 0 Å². The second kappa shape index (κ2) is 8.74. The minimum Gasteiger partial charge on any atom is -0.352 e. The Morgan fingerprint density at radius 2 is 1.29 bits per heavy atom. The number of amides is 1. The summed E-state index contributed by atoms with van der Waals surface area (Å²) < 4.78 is 39.4. The van der Waals surface area contributed by atoms with Crippen LogP contribution in [0.2, 0.25) is 0 Å². The highest BCUT2D eigenvalue weighted by Crippen LogP contribution is 2.32. The minimum absolute atomic E-state index is 0.0422. The van der Waals surface area contributed by atoms with Crippen molar-refractivity contribution in [1.82, 2.24) is 5.32 Å². The third kappa shape index (κ3) is 4.80. The lowest BCUT2D eigenvalue weighted by Crippen LogP contribution is -2.28. The highest BCUT2D eigenvalue weighted by molar-refractivity contribution is 5.95. The highest BCUT2D eigenvalue weighted by Gasteiger charge is 2.34. The second-order valence-corrected chi connectivity index (χ2v) is 6.46. The molecule has 3 aromatic carbocycles. The van der Waals surface area contributed by atoms with Gasteiger partial charge in [-0.15, -0.1) is 0 Å². The average Bonchev–Trinajstić information content (AvgIpc) is 2.72. The van der Waals surface area contributed by atoms with Gasteiger partial charge in [0.05, 0.1) is 11.1 Å². The van der Waals surface area contributed by atoms with Crippen LogP contribution < -0.4 is 5.32 Å². The molecule has 0 saturated carbocycles. The maximum Gasteiger partial charge on any atom is 0.417 e. The summed E-state index contributed by atoms with van der Waals surface area (Å²) in [5, 5.41) is 2.64. The Kier molecular flexibility index (Phi) is 6.14. The van der Waals surface area contributed by atoms with Gasteiger partial charge in [0.2, 0.25) is 0 Å². The number of carbonyl (C=O) groups is 1. The van der Waals surface area contributed by atoms with Crippen molar-refractivity contribution in [2.45, 2.75) is 18.5 Å². The molecule has 5 heteroatoms. The van der Waals surface area contributed by atoms with Crippen LogP contribution in [0.4, 0.5) is 13.2 Å². The zero-order valence-electron chi connectivity index (χ0n) is 15.1. The Labute approximate surface area is 162 Å². The van der Waals surface area contributed by atoms with Gasteiger partial charge in [0.1, 0.15) is 0 Å². The topological polar surface area (TPSA) is 29.1 Å². The molecule has 0 atom stereocenters. The van der Waals surface area contributed by atoms with Gasteiger partial charge in [-0.2, -0.15) is 13.2 Å². The van der Waals surface area contributed by atoms with E-state index in [9.17, 15) is 18.0 Å². The predicted molar refractivity (Wildman–Crippen MR) is 103 cm³/mol. The number of hydrogen-bond acceptors (Lipinski definition) is 1. The van der Waals surface area contributed by atoms with E-state index in [1.165, 1.54) is 18.2 Å². The SMILES string of the molecule is O=C(NCCC(c1ccccc1)c1ccccc1)c1ccccc1C(F)(F)F. The van der Waals surface area contributed by atoms with Crippen molar-refractivity contribution in [3.63, 3.8) is 0 Å². The van der Waals surface area contributed by atoms with E-state index >= 15 is 0 Å². The van der Waals surface area contributed by atoms with E-state index in [4.69, 9.17) is 0 Å². The summed E-state index contributed by atoms with van der Waals surface area (Å²) >= 11 is 0. The number of benzene rings is 3. The van der Waals surface area contributed by atoms with Crippen LogP contribution in [0.1, 0.15) is 39.4 Å². The molecule has 0 aliphatic carbocycles. The van der Waals surface area contributed by atoms with Crippen molar-refractivity contribution in [3.05, 3.63) is 107 Å². The molecule has 0 unspecified atom stereocenters. The summed E-state index contributed by atoms with van der Waals surface area (Å²) in [5.74, 6) is -0.673. The van der Waals surface area contributed by atoms with Crippen molar-refractivity contribution >= 4 is 5.91 Å². The molecule has 3 rings (SSSR count). The fraction of sp³-hybridized carbons (Fsp3) is 0.174. The Morgan fingerprint density at radius 1 is 0.786 bits per heavy atom. The first-order chi connectivity index (χ1) is 13.5. The van der Waals surface area contributed by atoms with Gasteiger partial charge in [-0.1, -0.05) is 72.8 Å². The molecule has 0 aromatic heterocycles. The minimum atomic E-state index is -4.56. The van der Waals surface area contributed by atoms with Crippen molar-refractivity contribution in [2.24, 2.45) is 0 Å². The lowest BCUT2D eigenvalue weighted by Gasteiger charge is -2.19. The number of nitrogens with one attached hydrogen (secondary N) is 1. The average molecular weight is 383 g/mol. The molecule has 1 N–H and O–H groups in total. The van der Waals surface area contributed by atoms with Crippen molar-refractivity contribution in [2.75, 3.05) is 6.54 Å². The lowest BCUT2D eigenvalue weighted by molar-refractivity contribution is -0.137. The molecule has 144 valence electrons. The summed E-state index contributed by atoms with van der Waals surface area (Å²) in [6.45, 7) is 0.263. The number of carbonyl (C=O) groups excluding carboxylic acids is 1. The van der Waals surface area contributed by atoms with Crippen molar-refractivity contribution < 1.29 is 18.0 Å². The van der Waals surface area contributed by atoms with Gasteiger partial charge < -0.3 is 5.32 Å². The molecule has 0 heterocycles. The van der Waals surface area contributed by atoms with Gasteiger partial charge in [0.25, 0.3) is 5.91 Å². The molecule has 2 nitrogen and oxygen atoms in total. The number of rotatable bonds is 6. The first kappa shape index (κ1) is 19.7. The quantitative estimate of drug-likeness (QED) is 0.585. The van der Waals surface area contributed by atoms with Crippen LogP contribution in [0.3, 0.4) is 0 Å². The maximum absolute atomic E-state index is 13.1. The first-order valence-electron chi connectivity index (χ1n) is 9.01. The third-order valence-electron chi connectivity index (χ3n) is 4.60. The summed E-state index contributed by atoms with van der Waals surface area (Å²) in [6, 6.07) is 24.5. The third-order valence-corrected chi connectivity index (χ3v) is 4.60. The van der Waals surface area contributed by atoms with E-state index in [-0.39, 0.29) is 18.0 Å². The Balaban J connectivity index is 1.73. The van der Waals surface area contributed by atoms with E-state index in [1.54, 1.807) is 0 Å². The van der Waals surface area contributed by atoms with Crippen LogP contribution in [0.25, 0.3) is 0 Å². The van der Waals surface area contributed by atoms with Crippen molar-refractivity contribution in [1.29, 1.82) is 0 Å². The summed E-state index contributed by atoms with van der Waals surface area (Å²) in [6.07, 6.45) is -3.99. The summed E-state index contributed by atoms with van der Waals surface area (Å²) in [5.41, 5.74) is 0.915. The Bertz CT molecular complexity index is 868. The van der Waals surface area contributed by atoms with Gasteiger partial charge in [0, 0.05) is 12.5 Å². The maximum atomic E-state index is 13.1. The number of alkyl halides is 3. The molecule has 28 heavy (non-hydrogen) atoms. The largest absolute Gasteiger partial charge is 0.417 e. The van der Waals surface area contributed by atoms with E-state index < -0.39 is 17.6 Å². The highest BCUT2D eigenvalue weighted by atomic mass is 19.4. The van der Waals surface area contributed by atoms with E-state index in [1.807, 2.05) is 60.7 Å². The Morgan fingerprint density at radius 3 is 1.82 bits per heavy atom. The monoisotopic (exact) mass is 383 g/mol.